The maximum Gasteiger partial charge on any atom is 0.0293 e. The van der Waals surface area contributed by atoms with Gasteiger partial charge in [-0.15, -0.1) is 0 Å². The first-order valence-electron chi connectivity index (χ1n) is 3.41. The molecule has 0 N–H and O–H groups in total. The van der Waals surface area contributed by atoms with Gasteiger partial charge in [0.1, 0.15) is 0 Å². The van der Waals surface area contributed by atoms with Crippen LogP contribution in [0.15, 0.2) is 12.2 Å². The molecule has 0 aromatic rings. The first-order chi connectivity index (χ1) is 4.09. The topological polar surface area (TPSA) is 3.24 Å². The fraction of sp³-hybridized carbons (Fsp3) is 0.750. The van der Waals surface area contributed by atoms with Crippen molar-refractivity contribution in [2.45, 2.75) is 26.3 Å². The Morgan fingerprint density at radius 1 is 1.56 bits per heavy atom. The summed E-state index contributed by atoms with van der Waals surface area (Å²) in [6, 6.07) is 0.560. The highest BCUT2D eigenvalue weighted by atomic mass is 15.1. The van der Waals surface area contributed by atoms with Crippen molar-refractivity contribution in [3.05, 3.63) is 12.2 Å². The molecule has 9 heavy (non-hydrogen) atoms. The zero-order valence-electron chi connectivity index (χ0n) is 6.94. The highest BCUT2D eigenvalue weighted by molar-refractivity contribution is 5.00. The largest absolute Gasteiger partial charge is 0.303 e. The van der Waals surface area contributed by atoms with E-state index in [1.54, 1.807) is 0 Å². The van der Waals surface area contributed by atoms with Crippen molar-refractivity contribution in [3.63, 3.8) is 0 Å². The Kier molecular flexibility index (Phi) is 3.55. The van der Waals surface area contributed by atoms with Crippen molar-refractivity contribution in [1.29, 1.82) is 0 Å². The van der Waals surface area contributed by atoms with Gasteiger partial charge in [0.15, 0.2) is 0 Å². The van der Waals surface area contributed by atoms with Crippen LogP contribution in [0.5, 0.6) is 0 Å². The molecule has 0 radical (unpaired) electrons. The lowest BCUT2D eigenvalue weighted by Gasteiger charge is -2.22. The summed E-state index contributed by atoms with van der Waals surface area (Å²) in [5.74, 6) is 0. The predicted molar refractivity (Wildman–Crippen MR) is 42.6 cm³/mol. The van der Waals surface area contributed by atoms with Crippen molar-refractivity contribution in [3.8, 4) is 0 Å². The van der Waals surface area contributed by atoms with Crippen molar-refractivity contribution < 1.29 is 0 Å². The van der Waals surface area contributed by atoms with Gasteiger partial charge in [-0.05, 0) is 27.4 Å². The first kappa shape index (κ1) is 8.70. The molecular formula is C8H17N. The molecule has 0 saturated heterocycles. The normalized spacial score (nSPS) is 13.9. The minimum absolute atomic E-state index is 0.560. The standard InChI is InChI=1S/C8H17N/c1-6-8(7(2)3)9(4)5/h8H,2,6H2,1,3-5H3. The summed E-state index contributed by atoms with van der Waals surface area (Å²) in [4.78, 5) is 2.20. The number of hydrogen-bond donors (Lipinski definition) is 0. The summed E-state index contributed by atoms with van der Waals surface area (Å²) in [6.07, 6.45) is 1.16. The Morgan fingerprint density at radius 3 is 2.00 bits per heavy atom. The van der Waals surface area contributed by atoms with Gasteiger partial charge in [-0.1, -0.05) is 19.1 Å². The molecule has 1 atom stereocenters. The van der Waals surface area contributed by atoms with Gasteiger partial charge in [-0.3, -0.25) is 0 Å². The fourth-order valence-corrected chi connectivity index (χ4v) is 1.15. The minimum atomic E-state index is 0.560. The lowest BCUT2D eigenvalue weighted by atomic mass is 10.1. The van der Waals surface area contributed by atoms with E-state index in [0.29, 0.717) is 6.04 Å². The summed E-state index contributed by atoms with van der Waals surface area (Å²) in [5, 5.41) is 0. The Bertz CT molecular complexity index is 94.7. The summed E-state index contributed by atoms with van der Waals surface area (Å²) in [5.41, 5.74) is 1.25. The summed E-state index contributed by atoms with van der Waals surface area (Å²) < 4.78 is 0. The summed E-state index contributed by atoms with van der Waals surface area (Å²) in [6.45, 7) is 8.16. The van der Waals surface area contributed by atoms with E-state index in [-0.39, 0.29) is 0 Å². The second-order valence-corrected chi connectivity index (χ2v) is 2.73. The molecule has 0 aromatic heterocycles. The Balaban J connectivity index is 3.83. The maximum absolute atomic E-state index is 3.91. The van der Waals surface area contributed by atoms with Crippen LogP contribution in [0, 0.1) is 0 Å². The molecule has 0 heterocycles. The van der Waals surface area contributed by atoms with Gasteiger partial charge in [0.25, 0.3) is 0 Å². The van der Waals surface area contributed by atoms with Crippen LogP contribution in [0.25, 0.3) is 0 Å². The Morgan fingerprint density at radius 2 is 2.00 bits per heavy atom. The minimum Gasteiger partial charge on any atom is -0.303 e. The van der Waals surface area contributed by atoms with E-state index < -0.39 is 0 Å². The Hall–Kier alpha value is -0.300. The van der Waals surface area contributed by atoms with Gasteiger partial charge in [-0.25, -0.2) is 0 Å². The number of rotatable bonds is 3. The molecule has 1 heteroatoms. The lowest BCUT2D eigenvalue weighted by molar-refractivity contribution is 0.323. The van der Waals surface area contributed by atoms with Crippen LogP contribution in [0.4, 0.5) is 0 Å². The summed E-state index contributed by atoms with van der Waals surface area (Å²) >= 11 is 0. The average Bonchev–Trinajstić information content (AvgIpc) is 1.64. The van der Waals surface area contributed by atoms with E-state index >= 15 is 0 Å². The van der Waals surface area contributed by atoms with Gasteiger partial charge in [0.2, 0.25) is 0 Å². The molecule has 0 saturated carbocycles. The molecule has 0 aliphatic carbocycles. The zero-order valence-corrected chi connectivity index (χ0v) is 6.94. The molecule has 0 amide bonds. The third kappa shape index (κ3) is 2.66. The van der Waals surface area contributed by atoms with Crippen molar-refractivity contribution >= 4 is 0 Å². The zero-order chi connectivity index (χ0) is 7.44. The lowest BCUT2D eigenvalue weighted by Crippen LogP contribution is -2.27. The van der Waals surface area contributed by atoms with E-state index in [1.807, 2.05) is 0 Å². The molecule has 0 rings (SSSR count). The molecular weight excluding hydrogens is 110 g/mol. The van der Waals surface area contributed by atoms with Gasteiger partial charge in [0, 0.05) is 6.04 Å². The first-order valence-corrected chi connectivity index (χ1v) is 3.41. The number of hydrogen-bond acceptors (Lipinski definition) is 1. The van der Waals surface area contributed by atoms with Crippen LogP contribution in [-0.2, 0) is 0 Å². The Labute approximate surface area is 58.4 Å². The van der Waals surface area contributed by atoms with Crippen LogP contribution >= 0.6 is 0 Å². The highest BCUT2D eigenvalue weighted by Crippen LogP contribution is 2.07. The van der Waals surface area contributed by atoms with Crippen molar-refractivity contribution in [1.82, 2.24) is 4.90 Å². The van der Waals surface area contributed by atoms with Gasteiger partial charge < -0.3 is 4.90 Å². The molecule has 0 spiro atoms. The smallest absolute Gasteiger partial charge is 0.0293 e. The van der Waals surface area contributed by atoms with E-state index in [2.05, 4.69) is 39.4 Å². The van der Waals surface area contributed by atoms with Gasteiger partial charge in [-0.2, -0.15) is 0 Å². The second-order valence-electron chi connectivity index (χ2n) is 2.73. The van der Waals surface area contributed by atoms with Crippen LogP contribution in [-0.4, -0.2) is 25.0 Å². The molecule has 54 valence electrons. The summed E-state index contributed by atoms with van der Waals surface area (Å²) in [7, 11) is 4.17. The van der Waals surface area contributed by atoms with Gasteiger partial charge in [0.05, 0.1) is 0 Å². The third-order valence-electron chi connectivity index (χ3n) is 1.58. The SMILES string of the molecule is C=C(C)C(CC)N(C)C. The molecule has 0 aliphatic heterocycles. The molecule has 0 aliphatic rings. The quantitative estimate of drug-likeness (QED) is 0.523. The monoisotopic (exact) mass is 127 g/mol. The molecule has 0 aromatic carbocycles. The fourth-order valence-electron chi connectivity index (χ4n) is 1.15. The van der Waals surface area contributed by atoms with E-state index in [0.717, 1.165) is 6.42 Å². The molecule has 0 fully saturated rings. The second kappa shape index (κ2) is 3.67. The van der Waals surface area contributed by atoms with Gasteiger partial charge >= 0.3 is 0 Å². The maximum atomic E-state index is 3.91. The van der Waals surface area contributed by atoms with Crippen LogP contribution in [0.1, 0.15) is 20.3 Å². The van der Waals surface area contributed by atoms with E-state index in [9.17, 15) is 0 Å². The van der Waals surface area contributed by atoms with Crippen LogP contribution in [0.2, 0.25) is 0 Å². The van der Waals surface area contributed by atoms with Crippen LogP contribution < -0.4 is 0 Å². The third-order valence-corrected chi connectivity index (χ3v) is 1.58. The van der Waals surface area contributed by atoms with Crippen molar-refractivity contribution in [2.75, 3.05) is 14.1 Å². The molecule has 1 nitrogen and oxygen atoms in total. The molecule has 0 bridgehead atoms. The number of nitrogens with zero attached hydrogens (tertiary/aromatic N) is 1. The van der Waals surface area contributed by atoms with E-state index in [4.69, 9.17) is 0 Å². The van der Waals surface area contributed by atoms with Crippen molar-refractivity contribution in [2.24, 2.45) is 0 Å². The highest BCUT2D eigenvalue weighted by Gasteiger charge is 2.07. The van der Waals surface area contributed by atoms with Crippen LogP contribution in [0.3, 0.4) is 0 Å². The predicted octanol–water partition coefficient (Wildman–Crippen LogP) is 1.90. The number of likely N-dealkylation sites (N-methyl/N-ethyl adjacent to an activating group) is 1. The van der Waals surface area contributed by atoms with E-state index in [1.165, 1.54) is 5.57 Å². The average molecular weight is 127 g/mol. The molecule has 1 unspecified atom stereocenters.